The Morgan fingerprint density at radius 1 is 1.36 bits per heavy atom. The maximum Gasteiger partial charge on any atom is 0.352 e. The second kappa shape index (κ2) is 10.2. The number of carbonyl (C=O) groups excluding carboxylic acids is 2. The van der Waals surface area contributed by atoms with Gasteiger partial charge in [-0.1, -0.05) is 65.6 Å². The first kappa shape index (κ1) is 23.7. The molecule has 1 saturated heterocycles. The van der Waals surface area contributed by atoms with Gasteiger partial charge in [-0.2, -0.15) is 0 Å². The number of aryl methyl sites for hydroxylation is 1. The van der Waals surface area contributed by atoms with E-state index in [4.69, 9.17) is 12.2 Å². The molecule has 1 fully saturated rings. The van der Waals surface area contributed by atoms with E-state index < -0.39 is 35.2 Å². The fourth-order valence-electron chi connectivity index (χ4n) is 3.55. The Kier molecular flexibility index (Phi) is 7.32. The molecule has 3 atom stereocenters. The molecule has 1 aromatic heterocycles. The third-order valence-corrected chi connectivity index (χ3v) is 8.59. The topological polar surface area (TPSA) is 125 Å². The molecule has 172 valence electrons. The molecule has 33 heavy (non-hydrogen) atoms. The van der Waals surface area contributed by atoms with Crippen LogP contribution in [0.3, 0.4) is 0 Å². The van der Waals surface area contributed by atoms with Gasteiger partial charge in [0, 0.05) is 11.5 Å². The number of hydrogen-bond acceptors (Lipinski definition) is 9. The fourth-order valence-corrected chi connectivity index (χ4v) is 6.99. The van der Waals surface area contributed by atoms with Gasteiger partial charge in [0.2, 0.25) is 5.91 Å². The summed E-state index contributed by atoms with van der Waals surface area (Å²) < 4.78 is 0.745. The maximum atomic E-state index is 12.9. The van der Waals surface area contributed by atoms with Gasteiger partial charge in [-0.3, -0.25) is 14.5 Å². The SMILES string of the molecule is Cc1nnc(SCC2=C(C(=O)O)N3C(=O)C(NC(=O)C(NC=S)c4ccccc4)C3SC2)s1. The minimum absolute atomic E-state index is 0.0142. The molecule has 2 aromatic rings. The lowest BCUT2D eigenvalue weighted by Gasteiger charge is -2.49. The molecular weight excluding hydrogens is 503 g/mol. The number of aliphatic carboxylic acids is 1. The quantitative estimate of drug-likeness (QED) is 0.256. The highest BCUT2D eigenvalue weighted by Gasteiger charge is 2.54. The first-order valence-electron chi connectivity index (χ1n) is 9.78. The molecular formula is C20H19N5O4S4. The molecule has 0 spiro atoms. The number of nitrogens with zero attached hydrogens (tertiary/aromatic N) is 3. The summed E-state index contributed by atoms with van der Waals surface area (Å²) >= 11 is 9.12. The van der Waals surface area contributed by atoms with Gasteiger partial charge in [-0.25, -0.2) is 4.79 Å². The molecule has 9 nitrogen and oxygen atoms in total. The number of hydrogen-bond donors (Lipinski definition) is 3. The van der Waals surface area contributed by atoms with Crippen LogP contribution in [-0.4, -0.2) is 66.4 Å². The van der Waals surface area contributed by atoms with Gasteiger partial charge >= 0.3 is 5.97 Å². The zero-order valence-corrected chi connectivity index (χ0v) is 20.5. The van der Waals surface area contributed by atoms with E-state index in [-0.39, 0.29) is 5.70 Å². The number of fused-ring (bicyclic) bond motifs is 1. The highest BCUT2D eigenvalue weighted by molar-refractivity contribution is 8.01. The molecule has 0 radical (unpaired) electrons. The Hall–Kier alpha value is -2.48. The molecule has 2 aliphatic heterocycles. The number of carbonyl (C=O) groups is 3. The number of benzene rings is 1. The summed E-state index contributed by atoms with van der Waals surface area (Å²) in [5, 5.41) is 23.8. The summed E-state index contributed by atoms with van der Waals surface area (Å²) in [6, 6.07) is 7.46. The van der Waals surface area contributed by atoms with Crippen LogP contribution < -0.4 is 10.6 Å². The second-order valence-electron chi connectivity index (χ2n) is 7.16. The van der Waals surface area contributed by atoms with Crippen molar-refractivity contribution in [3.63, 3.8) is 0 Å². The normalized spacial score (nSPS) is 20.5. The Morgan fingerprint density at radius 2 is 2.12 bits per heavy atom. The molecule has 2 amide bonds. The van der Waals surface area contributed by atoms with E-state index in [1.54, 1.807) is 24.3 Å². The number of amides is 2. The minimum Gasteiger partial charge on any atom is -0.477 e. The van der Waals surface area contributed by atoms with Gasteiger partial charge in [0.15, 0.2) is 4.34 Å². The van der Waals surface area contributed by atoms with Crippen LogP contribution in [0, 0.1) is 6.92 Å². The molecule has 2 aliphatic rings. The highest BCUT2D eigenvalue weighted by Crippen LogP contribution is 2.42. The van der Waals surface area contributed by atoms with Crippen molar-refractivity contribution in [2.24, 2.45) is 0 Å². The predicted octanol–water partition coefficient (Wildman–Crippen LogP) is 1.97. The number of aromatic nitrogens is 2. The van der Waals surface area contributed by atoms with Gasteiger partial charge in [-0.05, 0) is 18.1 Å². The zero-order chi connectivity index (χ0) is 23.5. The maximum absolute atomic E-state index is 12.9. The summed E-state index contributed by atoms with van der Waals surface area (Å²) in [7, 11) is 0. The Balaban J connectivity index is 1.47. The van der Waals surface area contributed by atoms with E-state index >= 15 is 0 Å². The van der Waals surface area contributed by atoms with E-state index in [0.29, 0.717) is 22.6 Å². The van der Waals surface area contributed by atoms with Crippen LogP contribution >= 0.6 is 47.1 Å². The Bertz CT molecular complexity index is 1120. The van der Waals surface area contributed by atoms with Crippen LogP contribution in [0.25, 0.3) is 0 Å². The summed E-state index contributed by atoms with van der Waals surface area (Å²) in [5.41, 5.74) is 2.59. The molecule has 1 aromatic carbocycles. The third-order valence-electron chi connectivity index (χ3n) is 5.05. The van der Waals surface area contributed by atoms with Gasteiger partial charge in [0.1, 0.15) is 28.2 Å². The standard InChI is InChI=1S/C20H19N5O4S4/c1-10-23-24-20(33-10)32-8-12-7-31-18-14(17(27)25(18)15(12)19(28)29)22-16(26)13(21-9-30)11-5-3-2-4-6-11/h2-6,9,13-14,18H,7-8H2,1H3,(H,21,30)(H,22,26)(H,28,29). The van der Waals surface area contributed by atoms with Crippen molar-refractivity contribution in [2.75, 3.05) is 11.5 Å². The van der Waals surface area contributed by atoms with E-state index in [9.17, 15) is 19.5 Å². The predicted molar refractivity (Wildman–Crippen MR) is 131 cm³/mol. The van der Waals surface area contributed by atoms with E-state index in [2.05, 4.69) is 20.8 Å². The molecule has 4 rings (SSSR count). The Labute approximate surface area is 207 Å². The van der Waals surface area contributed by atoms with Crippen LogP contribution in [0.1, 0.15) is 16.6 Å². The van der Waals surface area contributed by atoms with Crippen molar-refractivity contribution < 1.29 is 19.5 Å². The summed E-state index contributed by atoms with van der Waals surface area (Å²) in [5.74, 6) is -1.18. The van der Waals surface area contributed by atoms with E-state index in [1.807, 2.05) is 13.0 Å². The number of carboxylic acids is 1. The monoisotopic (exact) mass is 521 g/mol. The van der Waals surface area contributed by atoms with Crippen LogP contribution in [0.4, 0.5) is 0 Å². The van der Waals surface area contributed by atoms with E-state index in [0.717, 1.165) is 9.35 Å². The molecule has 3 N–H and O–H groups in total. The number of β-lactam (4-membered cyclic amide) rings is 1. The number of thiocarbonyl (C=S) groups is 1. The zero-order valence-electron chi connectivity index (χ0n) is 17.3. The van der Waals surface area contributed by atoms with Crippen molar-refractivity contribution in [1.82, 2.24) is 25.7 Å². The molecule has 3 unspecified atom stereocenters. The first-order chi connectivity index (χ1) is 15.9. The van der Waals surface area contributed by atoms with Crippen LogP contribution in [0.15, 0.2) is 45.9 Å². The average molecular weight is 522 g/mol. The van der Waals surface area contributed by atoms with Gasteiger partial charge < -0.3 is 15.7 Å². The lowest BCUT2D eigenvalue weighted by atomic mass is 10.0. The first-order valence-corrected chi connectivity index (χ1v) is 13.1. The third kappa shape index (κ3) is 4.90. The smallest absolute Gasteiger partial charge is 0.352 e. The molecule has 0 saturated carbocycles. The number of rotatable bonds is 9. The van der Waals surface area contributed by atoms with Gasteiger partial charge in [0.25, 0.3) is 5.91 Å². The van der Waals surface area contributed by atoms with E-state index in [1.165, 1.54) is 45.3 Å². The highest BCUT2D eigenvalue weighted by atomic mass is 32.2. The largest absolute Gasteiger partial charge is 0.477 e. The van der Waals surface area contributed by atoms with Crippen LogP contribution in [0.5, 0.6) is 0 Å². The summed E-state index contributed by atoms with van der Waals surface area (Å²) in [6.45, 7) is 1.85. The molecule has 3 heterocycles. The lowest BCUT2D eigenvalue weighted by molar-refractivity contribution is -0.150. The lowest BCUT2D eigenvalue weighted by Crippen LogP contribution is -2.71. The van der Waals surface area contributed by atoms with Gasteiger partial charge in [-0.15, -0.1) is 22.0 Å². The Morgan fingerprint density at radius 3 is 2.76 bits per heavy atom. The minimum atomic E-state index is -1.16. The van der Waals surface area contributed by atoms with Crippen LogP contribution in [0.2, 0.25) is 0 Å². The van der Waals surface area contributed by atoms with Crippen molar-refractivity contribution in [2.45, 2.75) is 28.7 Å². The number of carboxylic acid groups (broad SMARTS) is 1. The van der Waals surface area contributed by atoms with Crippen LogP contribution in [-0.2, 0) is 14.4 Å². The van der Waals surface area contributed by atoms with Crippen molar-refractivity contribution >= 4 is 70.4 Å². The second-order valence-corrected chi connectivity index (χ2v) is 10.9. The van der Waals surface area contributed by atoms with Crippen molar-refractivity contribution in [3.05, 3.63) is 52.2 Å². The summed E-state index contributed by atoms with van der Waals surface area (Å²) in [4.78, 5) is 39.1. The van der Waals surface area contributed by atoms with Crippen molar-refractivity contribution in [1.29, 1.82) is 0 Å². The molecule has 0 bridgehead atoms. The van der Waals surface area contributed by atoms with Gasteiger partial charge in [0.05, 0.1) is 5.49 Å². The summed E-state index contributed by atoms with van der Waals surface area (Å²) in [6.07, 6.45) is 0. The fraction of sp³-hybridized carbons (Fsp3) is 0.300. The average Bonchev–Trinajstić information content (AvgIpc) is 3.24. The number of thioether (sulfide) groups is 2. The van der Waals surface area contributed by atoms with Crippen molar-refractivity contribution in [3.8, 4) is 0 Å². The molecule has 0 aliphatic carbocycles. The molecule has 13 heteroatoms. The number of nitrogens with one attached hydrogen (secondary N) is 2.